The topological polar surface area (TPSA) is 32.7 Å². The van der Waals surface area contributed by atoms with Crippen LogP contribution in [0.1, 0.15) is 69.9 Å². The fourth-order valence-electron chi connectivity index (χ4n) is 6.73. The van der Waals surface area contributed by atoms with Gasteiger partial charge in [0.25, 0.3) is 0 Å². The van der Waals surface area contributed by atoms with Gasteiger partial charge in [-0.3, -0.25) is 0 Å². The van der Waals surface area contributed by atoms with Gasteiger partial charge in [-0.15, -0.1) is 0 Å². The Labute approximate surface area is 177 Å². The quantitative estimate of drug-likeness (QED) is 0.485. The largest absolute Gasteiger partial charge is 0.508 e. The van der Waals surface area contributed by atoms with Crippen molar-refractivity contribution in [1.29, 1.82) is 0 Å². The fraction of sp³-hybridized carbons (Fsp3) is 0.692. The summed E-state index contributed by atoms with van der Waals surface area (Å²) in [6.07, 6.45) is 10.0. The summed E-state index contributed by atoms with van der Waals surface area (Å²) in [5.74, 6) is 2.74. The molecule has 3 nitrogen and oxygen atoms in total. The van der Waals surface area contributed by atoms with Crippen LogP contribution in [0, 0.1) is 17.3 Å². The van der Waals surface area contributed by atoms with Crippen molar-refractivity contribution in [2.45, 2.75) is 65.2 Å². The Bertz CT molecular complexity index is 738. The number of likely N-dealkylation sites (N-methyl/N-ethyl adjacent to an activating group) is 1. The lowest BCUT2D eigenvalue weighted by Crippen LogP contribution is -2.40. The molecule has 3 aliphatic carbocycles. The highest BCUT2D eigenvalue weighted by molar-refractivity contribution is 5.40. The number of benzene rings is 1. The maximum absolute atomic E-state index is 9.87. The first-order valence-corrected chi connectivity index (χ1v) is 11.9. The second-order valence-electron chi connectivity index (χ2n) is 9.62. The number of fused-ring (bicyclic) bond motifs is 5. The summed E-state index contributed by atoms with van der Waals surface area (Å²) in [5, 5.41) is 9.87. The van der Waals surface area contributed by atoms with Crippen molar-refractivity contribution in [2.75, 3.05) is 32.8 Å². The van der Waals surface area contributed by atoms with Gasteiger partial charge in [-0.05, 0) is 98.0 Å². The van der Waals surface area contributed by atoms with Crippen LogP contribution in [0.15, 0.2) is 29.8 Å². The molecule has 0 heterocycles. The van der Waals surface area contributed by atoms with Crippen molar-refractivity contribution in [2.24, 2.45) is 17.3 Å². The maximum atomic E-state index is 9.87. The number of aryl methyl sites for hydroxylation is 1. The van der Waals surface area contributed by atoms with Crippen LogP contribution in [0.2, 0.25) is 0 Å². The molecule has 0 aliphatic heterocycles. The van der Waals surface area contributed by atoms with Gasteiger partial charge < -0.3 is 14.7 Å². The second-order valence-corrected chi connectivity index (χ2v) is 9.62. The van der Waals surface area contributed by atoms with E-state index in [1.807, 2.05) is 12.1 Å². The normalized spacial score (nSPS) is 32.3. The zero-order valence-corrected chi connectivity index (χ0v) is 18.6. The van der Waals surface area contributed by atoms with Crippen LogP contribution in [-0.2, 0) is 11.2 Å². The molecule has 2 fully saturated rings. The molecule has 0 radical (unpaired) electrons. The molecule has 0 unspecified atom stereocenters. The molecule has 2 saturated carbocycles. The van der Waals surface area contributed by atoms with Crippen LogP contribution in [-0.4, -0.2) is 42.9 Å². The van der Waals surface area contributed by atoms with E-state index in [1.54, 1.807) is 5.57 Å². The number of hydrogen-bond donors (Lipinski definition) is 1. The van der Waals surface area contributed by atoms with Crippen LogP contribution in [0.5, 0.6) is 5.75 Å². The molecular formula is C26H39NO2. The van der Waals surface area contributed by atoms with E-state index in [-0.39, 0.29) is 0 Å². The molecule has 160 valence electrons. The highest BCUT2D eigenvalue weighted by Crippen LogP contribution is 2.62. The summed E-state index contributed by atoms with van der Waals surface area (Å²) in [7, 11) is 0. The maximum Gasteiger partial charge on any atom is 0.115 e. The number of hydrogen-bond acceptors (Lipinski definition) is 3. The third-order valence-electron chi connectivity index (χ3n) is 8.45. The lowest BCUT2D eigenvalue weighted by atomic mass is 9.55. The van der Waals surface area contributed by atoms with E-state index in [9.17, 15) is 5.11 Å². The standard InChI is InChI=1S/C26H39NO2/c1-4-27(5-2)15-17-29-16-13-20-7-11-25-24-9-6-19-18-21(28)8-10-22(19)23(24)12-14-26(20,25)3/h8,10,13,18,23-25,28H,4-7,9,11-12,14-17H2,1-3H3/b20-13+/t23-,24-,25+,26-/m1/s1. The van der Waals surface area contributed by atoms with Crippen LogP contribution in [0.25, 0.3) is 0 Å². The van der Waals surface area contributed by atoms with E-state index in [0.29, 0.717) is 17.1 Å². The van der Waals surface area contributed by atoms with Crippen molar-refractivity contribution in [3.05, 3.63) is 41.0 Å². The third-order valence-corrected chi connectivity index (χ3v) is 8.45. The molecule has 1 aromatic rings. The Kier molecular flexibility index (Phi) is 6.36. The average Bonchev–Trinajstić information content (AvgIpc) is 3.06. The van der Waals surface area contributed by atoms with Gasteiger partial charge in [0.15, 0.2) is 0 Å². The van der Waals surface area contributed by atoms with Crippen molar-refractivity contribution < 1.29 is 9.84 Å². The highest BCUT2D eigenvalue weighted by Gasteiger charge is 2.52. The van der Waals surface area contributed by atoms with E-state index in [2.05, 4.69) is 37.8 Å². The molecule has 0 saturated heterocycles. The fourth-order valence-corrected chi connectivity index (χ4v) is 6.73. The molecule has 1 aromatic carbocycles. The molecule has 3 aliphatic rings. The van der Waals surface area contributed by atoms with Gasteiger partial charge in [0.05, 0.1) is 13.2 Å². The summed E-state index contributed by atoms with van der Waals surface area (Å²) in [6.45, 7) is 11.8. The van der Waals surface area contributed by atoms with E-state index in [0.717, 1.165) is 51.1 Å². The summed E-state index contributed by atoms with van der Waals surface area (Å²) in [6, 6.07) is 6.11. The molecule has 0 bridgehead atoms. The van der Waals surface area contributed by atoms with Crippen molar-refractivity contribution >= 4 is 0 Å². The molecule has 0 spiro atoms. The minimum absolute atomic E-state index is 0.373. The van der Waals surface area contributed by atoms with E-state index < -0.39 is 0 Å². The van der Waals surface area contributed by atoms with Crippen molar-refractivity contribution in [3.63, 3.8) is 0 Å². The third kappa shape index (κ3) is 4.01. The molecule has 4 atom stereocenters. The van der Waals surface area contributed by atoms with Gasteiger partial charge in [0.1, 0.15) is 5.75 Å². The van der Waals surface area contributed by atoms with Crippen molar-refractivity contribution in [3.8, 4) is 5.75 Å². The molecule has 0 amide bonds. The lowest BCUT2D eigenvalue weighted by molar-refractivity contribution is 0.0799. The Morgan fingerprint density at radius 2 is 2.00 bits per heavy atom. The molecule has 29 heavy (non-hydrogen) atoms. The minimum atomic E-state index is 0.373. The first-order chi connectivity index (χ1) is 14.1. The summed E-state index contributed by atoms with van der Waals surface area (Å²) in [4.78, 5) is 2.42. The number of phenols is 1. The minimum Gasteiger partial charge on any atom is -0.508 e. The Balaban J connectivity index is 1.40. The predicted molar refractivity (Wildman–Crippen MR) is 119 cm³/mol. The van der Waals surface area contributed by atoms with Gasteiger partial charge in [-0.25, -0.2) is 0 Å². The number of ether oxygens (including phenoxy) is 1. The molecular weight excluding hydrogens is 358 g/mol. The molecule has 1 N–H and O–H groups in total. The number of rotatable bonds is 7. The SMILES string of the molecule is CCN(CC)CCOC/C=C1\CC[C@H]2[C@@H]3CCc4cc(O)ccc4[C@H]3CC[C@]12C. The number of phenolic OH excluding ortho intramolecular Hbond substituents is 1. The monoisotopic (exact) mass is 397 g/mol. The van der Waals surface area contributed by atoms with Crippen LogP contribution >= 0.6 is 0 Å². The van der Waals surface area contributed by atoms with Crippen LogP contribution < -0.4 is 0 Å². The Morgan fingerprint density at radius 3 is 2.79 bits per heavy atom. The van der Waals surface area contributed by atoms with Crippen molar-refractivity contribution in [1.82, 2.24) is 4.90 Å². The first kappa shape index (κ1) is 20.9. The Morgan fingerprint density at radius 1 is 1.17 bits per heavy atom. The lowest BCUT2D eigenvalue weighted by Gasteiger charge is -2.49. The summed E-state index contributed by atoms with van der Waals surface area (Å²) >= 11 is 0. The first-order valence-electron chi connectivity index (χ1n) is 11.9. The van der Waals surface area contributed by atoms with Gasteiger partial charge in [-0.1, -0.05) is 38.5 Å². The van der Waals surface area contributed by atoms with E-state index >= 15 is 0 Å². The zero-order chi connectivity index (χ0) is 20.4. The van der Waals surface area contributed by atoms with Crippen LogP contribution in [0.3, 0.4) is 0 Å². The van der Waals surface area contributed by atoms with E-state index in [1.165, 1.54) is 43.2 Å². The summed E-state index contributed by atoms with van der Waals surface area (Å²) in [5.41, 5.74) is 4.96. The van der Waals surface area contributed by atoms with Crippen LogP contribution in [0.4, 0.5) is 0 Å². The number of allylic oxidation sites excluding steroid dienone is 1. The average molecular weight is 398 g/mol. The second kappa shape index (κ2) is 8.81. The molecule has 4 rings (SSSR count). The number of nitrogens with zero attached hydrogens (tertiary/aromatic N) is 1. The molecule has 3 heteroatoms. The molecule has 0 aromatic heterocycles. The van der Waals surface area contributed by atoms with Gasteiger partial charge in [0.2, 0.25) is 0 Å². The predicted octanol–water partition coefficient (Wildman–Crippen LogP) is 5.53. The van der Waals surface area contributed by atoms with E-state index in [4.69, 9.17) is 4.74 Å². The Hall–Kier alpha value is -1.32. The van der Waals surface area contributed by atoms with Gasteiger partial charge in [0, 0.05) is 6.54 Å². The highest BCUT2D eigenvalue weighted by atomic mass is 16.5. The summed E-state index contributed by atoms with van der Waals surface area (Å²) < 4.78 is 5.98. The zero-order valence-electron chi connectivity index (χ0n) is 18.6. The van der Waals surface area contributed by atoms with Gasteiger partial charge in [-0.2, -0.15) is 0 Å². The smallest absolute Gasteiger partial charge is 0.115 e. The van der Waals surface area contributed by atoms with Gasteiger partial charge >= 0.3 is 0 Å². The number of aromatic hydroxyl groups is 1.